The maximum absolute atomic E-state index is 11.4. The Bertz CT molecular complexity index is 408. The van der Waals surface area contributed by atoms with Gasteiger partial charge in [-0.05, 0) is 24.1 Å². The van der Waals surface area contributed by atoms with Crippen molar-refractivity contribution in [2.45, 2.75) is 6.42 Å². The van der Waals surface area contributed by atoms with Crippen molar-refractivity contribution in [3.8, 4) is 0 Å². The summed E-state index contributed by atoms with van der Waals surface area (Å²) in [5, 5.41) is 5.37. The first-order valence-electron chi connectivity index (χ1n) is 5.68. The number of carbonyl (C=O) groups excluding carboxylic acids is 1. The van der Waals surface area contributed by atoms with Crippen molar-refractivity contribution in [2.75, 3.05) is 20.3 Å². The summed E-state index contributed by atoms with van der Waals surface area (Å²) >= 11 is 3.43. The predicted molar refractivity (Wildman–Crippen MR) is 76.2 cm³/mol. The van der Waals surface area contributed by atoms with Crippen molar-refractivity contribution in [3.05, 3.63) is 40.5 Å². The van der Waals surface area contributed by atoms with Gasteiger partial charge in [0, 0.05) is 30.9 Å². The van der Waals surface area contributed by atoms with Crippen LogP contribution in [0.25, 0.3) is 6.08 Å². The molecule has 0 atom stereocenters. The molecule has 1 aromatic carbocycles. The van der Waals surface area contributed by atoms with E-state index in [2.05, 4.69) is 26.6 Å². The Hall–Kier alpha value is -1.33. The molecule has 0 saturated heterocycles. The van der Waals surface area contributed by atoms with E-state index in [1.165, 1.54) is 0 Å². The summed E-state index contributed by atoms with van der Waals surface area (Å²) in [6.45, 7) is 1.25. The Kier molecular flexibility index (Phi) is 7.13. The molecule has 0 aliphatic heterocycles. The number of rotatable bonds is 6. The van der Waals surface area contributed by atoms with Crippen molar-refractivity contribution in [2.24, 2.45) is 0 Å². The first kappa shape index (κ1) is 14.7. The second kappa shape index (κ2) is 8.72. The minimum atomic E-state index is -0.214. The van der Waals surface area contributed by atoms with E-state index >= 15 is 0 Å². The smallest absolute Gasteiger partial charge is 0.318 e. The second-order valence-corrected chi connectivity index (χ2v) is 4.46. The zero-order valence-electron chi connectivity index (χ0n) is 10.3. The SMILES string of the molecule is COCCCNC(=O)N/C=C/c1ccccc1Br. The van der Waals surface area contributed by atoms with Crippen LogP contribution >= 0.6 is 15.9 Å². The Morgan fingerprint density at radius 2 is 2.22 bits per heavy atom. The molecular formula is C13H17BrN2O2. The zero-order chi connectivity index (χ0) is 13.2. The first-order valence-corrected chi connectivity index (χ1v) is 6.47. The molecule has 1 aromatic rings. The predicted octanol–water partition coefficient (Wildman–Crippen LogP) is 2.76. The third kappa shape index (κ3) is 5.84. The molecule has 2 N–H and O–H groups in total. The van der Waals surface area contributed by atoms with Crippen LogP contribution in [0.4, 0.5) is 4.79 Å². The van der Waals surface area contributed by atoms with Crippen LogP contribution in [0.5, 0.6) is 0 Å². The van der Waals surface area contributed by atoms with Crippen LogP contribution in [0.3, 0.4) is 0 Å². The summed E-state index contributed by atoms with van der Waals surface area (Å²) < 4.78 is 5.87. The van der Waals surface area contributed by atoms with Gasteiger partial charge in [0.25, 0.3) is 0 Å². The van der Waals surface area contributed by atoms with Gasteiger partial charge >= 0.3 is 6.03 Å². The Morgan fingerprint density at radius 3 is 2.94 bits per heavy atom. The second-order valence-electron chi connectivity index (χ2n) is 3.60. The highest BCUT2D eigenvalue weighted by atomic mass is 79.9. The van der Waals surface area contributed by atoms with E-state index in [4.69, 9.17) is 4.74 Å². The summed E-state index contributed by atoms with van der Waals surface area (Å²) in [5.41, 5.74) is 1.01. The van der Waals surface area contributed by atoms with E-state index in [0.717, 1.165) is 16.5 Å². The minimum Gasteiger partial charge on any atom is -0.385 e. The number of halogens is 1. The van der Waals surface area contributed by atoms with Crippen molar-refractivity contribution in [1.82, 2.24) is 10.6 Å². The van der Waals surface area contributed by atoms with Gasteiger partial charge in [-0.3, -0.25) is 0 Å². The lowest BCUT2D eigenvalue weighted by atomic mass is 10.2. The molecule has 0 aliphatic rings. The molecule has 4 nitrogen and oxygen atoms in total. The highest BCUT2D eigenvalue weighted by Crippen LogP contribution is 2.16. The summed E-state index contributed by atoms with van der Waals surface area (Å²) in [4.78, 5) is 11.4. The Balaban J connectivity index is 2.28. The molecule has 0 bridgehead atoms. The molecular weight excluding hydrogens is 296 g/mol. The maximum Gasteiger partial charge on any atom is 0.318 e. The molecule has 0 saturated carbocycles. The number of hydrogen-bond acceptors (Lipinski definition) is 2. The number of methoxy groups -OCH3 is 1. The number of urea groups is 1. The average molecular weight is 313 g/mol. The van der Waals surface area contributed by atoms with Gasteiger partial charge in [-0.1, -0.05) is 34.1 Å². The number of amides is 2. The van der Waals surface area contributed by atoms with E-state index in [9.17, 15) is 4.79 Å². The third-order valence-corrected chi connectivity index (χ3v) is 2.92. The fourth-order valence-corrected chi connectivity index (χ4v) is 1.70. The van der Waals surface area contributed by atoms with Crippen LogP contribution in [0.1, 0.15) is 12.0 Å². The van der Waals surface area contributed by atoms with Crippen molar-refractivity contribution >= 4 is 28.0 Å². The molecule has 0 heterocycles. The molecule has 2 amide bonds. The monoisotopic (exact) mass is 312 g/mol. The number of hydrogen-bond donors (Lipinski definition) is 2. The molecule has 0 radical (unpaired) electrons. The van der Waals surface area contributed by atoms with E-state index in [1.54, 1.807) is 13.3 Å². The number of ether oxygens (including phenoxy) is 1. The number of benzene rings is 1. The van der Waals surface area contributed by atoms with Crippen LogP contribution in [0.2, 0.25) is 0 Å². The highest BCUT2D eigenvalue weighted by Gasteiger charge is 1.96. The average Bonchev–Trinajstić information content (AvgIpc) is 2.37. The van der Waals surface area contributed by atoms with Crippen LogP contribution in [0, 0.1) is 0 Å². The van der Waals surface area contributed by atoms with Gasteiger partial charge in [0.15, 0.2) is 0 Å². The van der Waals surface area contributed by atoms with E-state index in [1.807, 2.05) is 30.3 Å². The number of carbonyl (C=O) groups is 1. The molecule has 1 rings (SSSR count). The quantitative estimate of drug-likeness (QED) is 0.794. The van der Waals surface area contributed by atoms with Crippen LogP contribution in [0.15, 0.2) is 34.9 Å². The lowest BCUT2D eigenvalue weighted by Crippen LogP contribution is -2.33. The van der Waals surface area contributed by atoms with E-state index in [-0.39, 0.29) is 6.03 Å². The molecule has 0 unspecified atom stereocenters. The van der Waals surface area contributed by atoms with E-state index in [0.29, 0.717) is 13.2 Å². The Morgan fingerprint density at radius 1 is 1.44 bits per heavy atom. The van der Waals surface area contributed by atoms with Gasteiger partial charge in [0.1, 0.15) is 0 Å². The molecule has 0 spiro atoms. The molecule has 0 aliphatic carbocycles. The van der Waals surface area contributed by atoms with Gasteiger partial charge in [-0.15, -0.1) is 0 Å². The first-order chi connectivity index (χ1) is 8.74. The molecule has 0 aromatic heterocycles. The lowest BCUT2D eigenvalue weighted by molar-refractivity contribution is 0.193. The molecule has 98 valence electrons. The van der Waals surface area contributed by atoms with Gasteiger partial charge in [-0.25, -0.2) is 4.79 Å². The van der Waals surface area contributed by atoms with Crippen molar-refractivity contribution in [3.63, 3.8) is 0 Å². The van der Waals surface area contributed by atoms with Gasteiger partial charge in [0.05, 0.1) is 0 Å². The standard InChI is InChI=1S/C13H17BrN2O2/c1-18-10-4-8-15-13(17)16-9-7-11-5-2-3-6-12(11)14/h2-3,5-7,9H,4,8,10H2,1H3,(H2,15,16,17)/b9-7+. The normalized spacial score (nSPS) is 10.6. The van der Waals surface area contributed by atoms with Gasteiger partial charge in [0.2, 0.25) is 0 Å². The molecule has 0 fully saturated rings. The summed E-state index contributed by atoms with van der Waals surface area (Å²) in [6.07, 6.45) is 4.25. The fourth-order valence-electron chi connectivity index (χ4n) is 1.29. The highest BCUT2D eigenvalue weighted by molar-refractivity contribution is 9.10. The largest absolute Gasteiger partial charge is 0.385 e. The van der Waals surface area contributed by atoms with Gasteiger partial charge in [-0.2, -0.15) is 0 Å². The molecule has 18 heavy (non-hydrogen) atoms. The summed E-state index contributed by atoms with van der Waals surface area (Å²) in [7, 11) is 1.64. The fraction of sp³-hybridized carbons (Fsp3) is 0.308. The van der Waals surface area contributed by atoms with Crippen molar-refractivity contribution < 1.29 is 9.53 Å². The maximum atomic E-state index is 11.4. The van der Waals surface area contributed by atoms with E-state index < -0.39 is 0 Å². The Labute approximate surface area is 116 Å². The summed E-state index contributed by atoms with van der Waals surface area (Å²) in [6, 6.07) is 7.57. The topological polar surface area (TPSA) is 50.4 Å². The molecule has 5 heteroatoms. The van der Waals surface area contributed by atoms with Crippen LogP contribution in [-0.2, 0) is 4.74 Å². The van der Waals surface area contributed by atoms with Crippen LogP contribution in [-0.4, -0.2) is 26.3 Å². The van der Waals surface area contributed by atoms with Gasteiger partial charge < -0.3 is 15.4 Å². The number of nitrogens with one attached hydrogen (secondary N) is 2. The lowest BCUT2D eigenvalue weighted by Gasteiger charge is -2.03. The zero-order valence-corrected chi connectivity index (χ0v) is 11.9. The minimum absolute atomic E-state index is 0.214. The third-order valence-electron chi connectivity index (χ3n) is 2.19. The van der Waals surface area contributed by atoms with Crippen molar-refractivity contribution in [1.29, 1.82) is 0 Å². The summed E-state index contributed by atoms with van der Waals surface area (Å²) in [5.74, 6) is 0. The van der Waals surface area contributed by atoms with Crippen LogP contribution < -0.4 is 10.6 Å².